The van der Waals surface area contributed by atoms with E-state index in [9.17, 15) is 18.4 Å². The summed E-state index contributed by atoms with van der Waals surface area (Å²) < 4.78 is 39.8. The van der Waals surface area contributed by atoms with Crippen molar-refractivity contribution >= 4 is 29.1 Å². The van der Waals surface area contributed by atoms with E-state index in [0.29, 0.717) is 0 Å². The summed E-state index contributed by atoms with van der Waals surface area (Å²) in [5.74, 6) is 0. The van der Waals surface area contributed by atoms with Gasteiger partial charge in [-0.2, -0.15) is 29.0 Å². The molecule has 1 aliphatic rings. The van der Waals surface area contributed by atoms with Crippen molar-refractivity contribution in [2.45, 2.75) is 16.2 Å². The summed E-state index contributed by atoms with van der Waals surface area (Å²) in [6.07, 6.45) is -3.51. The van der Waals surface area contributed by atoms with Crippen molar-refractivity contribution in [2.75, 3.05) is 0 Å². The second kappa shape index (κ2) is 6.68. The van der Waals surface area contributed by atoms with Crippen LogP contribution in [0, 0.1) is 34.0 Å². The van der Waals surface area contributed by atoms with Gasteiger partial charge in [0.2, 0.25) is 0 Å². The van der Waals surface area contributed by atoms with Gasteiger partial charge in [-0.05, 0) is 12.1 Å². The van der Waals surface area contributed by atoms with Crippen LogP contribution in [0.2, 0.25) is 0 Å². The Morgan fingerprint density at radius 3 is 2.04 bits per heavy atom. The summed E-state index contributed by atoms with van der Waals surface area (Å²) in [5, 5.41) is 27.9. The predicted molar refractivity (Wildman–Crippen MR) is 84.9 cm³/mol. The molecular formula is C15H3F3N6S2. The van der Waals surface area contributed by atoms with Crippen molar-refractivity contribution in [3.8, 4) is 18.2 Å². The van der Waals surface area contributed by atoms with Crippen LogP contribution in [0.1, 0.15) is 22.6 Å². The van der Waals surface area contributed by atoms with Gasteiger partial charge in [-0.15, -0.1) is 0 Å². The molecule has 2 aromatic rings. The topological polar surface area (TPSA) is 110 Å². The number of fused-ring (bicyclic) bond motifs is 1. The summed E-state index contributed by atoms with van der Waals surface area (Å²) in [4.78, 5) is 11.7. The number of thioether (sulfide) groups is 2. The first-order valence-corrected chi connectivity index (χ1v) is 8.27. The van der Waals surface area contributed by atoms with Crippen molar-refractivity contribution < 1.29 is 13.2 Å². The van der Waals surface area contributed by atoms with Gasteiger partial charge < -0.3 is 0 Å². The molecule has 26 heavy (non-hydrogen) atoms. The first-order valence-electron chi connectivity index (χ1n) is 6.64. The highest BCUT2D eigenvalue weighted by Crippen LogP contribution is 2.52. The number of pyridine rings is 1. The Balaban J connectivity index is 2.14. The molecule has 126 valence electrons. The van der Waals surface area contributed by atoms with E-state index in [1.54, 1.807) is 18.2 Å². The quantitative estimate of drug-likeness (QED) is 0.680. The van der Waals surface area contributed by atoms with Gasteiger partial charge in [0.1, 0.15) is 28.3 Å². The number of halogens is 3. The minimum Gasteiger partial charge on any atom is -0.255 e. The third-order valence-corrected chi connectivity index (χ3v) is 5.45. The molecule has 0 aromatic carbocycles. The van der Waals surface area contributed by atoms with E-state index in [1.807, 2.05) is 0 Å². The largest absolute Gasteiger partial charge is 0.418 e. The smallest absolute Gasteiger partial charge is 0.255 e. The molecular weight excluding hydrogens is 385 g/mol. The van der Waals surface area contributed by atoms with Gasteiger partial charge in [-0.1, -0.05) is 23.5 Å². The zero-order valence-corrected chi connectivity index (χ0v) is 14.0. The van der Waals surface area contributed by atoms with Gasteiger partial charge in [0.15, 0.2) is 11.4 Å². The van der Waals surface area contributed by atoms with Crippen LogP contribution in [0.5, 0.6) is 0 Å². The zero-order valence-electron chi connectivity index (χ0n) is 12.4. The molecule has 2 aromatic heterocycles. The molecule has 11 heteroatoms. The molecule has 0 saturated carbocycles. The van der Waals surface area contributed by atoms with Crippen molar-refractivity contribution in [3.63, 3.8) is 0 Å². The molecule has 6 nitrogen and oxygen atoms in total. The second-order valence-corrected chi connectivity index (χ2v) is 6.89. The zero-order chi connectivity index (χ0) is 18.9. The Bertz CT molecular complexity index is 1030. The molecule has 0 unspecified atom stereocenters. The third-order valence-electron chi connectivity index (χ3n) is 3.09. The van der Waals surface area contributed by atoms with Crippen LogP contribution in [0.3, 0.4) is 0 Å². The highest BCUT2D eigenvalue weighted by atomic mass is 32.2. The molecule has 0 bridgehead atoms. The molecule has 0 atom stereocenters. The summed E-state index contributed by atoms with van der Waals surface area (Å²) in [5.41, 5.74) is -2.17. The van der Waals surface area contributed by atoms with Crippen molar-refractivity contribution in [2.24, 2.45) is 0 Å². The van der Waals surface area contributed by atoms with Crippen LogP contribution in [0.4, 0.5) is 13.2 Å². The first kappa shape index (κ1) is 17.7. The Kier molecular flexibility index (Phi) is 4.56. The maximum atomic E-state index is 13.2. The maximum absolute atomic E-state index is 13.2. The third kappa shape index (κ3) is 3.08. The highest BCUT2D eigenvalue weighted by Gasteiger charge is 2.36. The molecule has 0 saturated heterocycles. The van der Waals surface area contributed by atoms with Crippen LogP contribution in [-0.4, -0.2) is 15.0 Å². The van der Waals surface area contributed by atoms with E-state index < -0.39 is 17.4 Å². The van der Waals surface area contributed by atoms with Crippen LogP contribution in [-0.2, 0) is 6.18 Å². The number of hydrogen-bond donors (Lipinski definition) is 0. The van der Waals surface area contributed by atoms with Crippen molar-refractivity contribution in [1.82, 2.24) is 15.0 Å². The lowest BCUT2D eigenvalue weighted by atomic mass is 10.1. The number of hydrogen-bond acceptors (Lipinski definition) is 8. The van der Waals surface area contributed by atoms with Gasteiger partial charge in [-0.25, -0.2) is 9.97 Å². The van der Waals surface area contributed by atoms with Gasteiger partial charge in [0.25, 0.3) is 0 Å². The first-order chi connectivity index (χ1) is 12.4. The maximum Gasteiger partial charge on any atom is 0.418 e. The van der Waals surface area contributed by atoms with Crippen LogP contribution in [0.25, 0.3) is 5.57 Å². The SMILES string of the molecule is N#CC(=C1Sc2nc(C#N)c(C#N)nc2S1)c1ncccc1C(F)(F)F. The van der Waals surface area contributed by atoms with Gasteiger partial charge in [0, 0.05) is 6.20 Å². The van der Waals surface area contributed by atoms with Crippen LogP contribution in [0.15, 0.2) is 32.6 Å². The minimum atomic E-state index is -4.68. The normalized spacial score (nSPS) is 12.7. The fourth-order valence-electron chi connectivity index (χ4n) is 2.02. The Labute approximate surface area is 153 Å². The predicted octanol–water partition coefficient (Wildman–Crippen LogP) is 3.72. The minimum absolute atomic E-state index is 0.187. The number of alkyl halides is 3. The molecule has 0 radical (unpaired) electrons. The summed E-state index contributed by atoms with van der Waals surface area (Å²) >= 11 is 1.82. The van der Waals surface area contributed by atoms with Gasteiger partial charge in [-0.3, -0.25) is 4.98 Å². The van der Waals surface area contributed by atoms with Crippen LogP contribution < -0.4 is 0 Å². The molecule has 0 aliphatic carbocycles. The monoisotopic (exact) mass is 388 g/mol. The van der Waals surface area contributed by atoms with Gasteiger partial charge in [0.05, 0.1) is 21.1 Å². The average molecular weight is 388 g/mol. The molecule has 3 rings (SSSR count). The second-order valence-electron chi connectivity index (χ2n) is 4.63. The van der Waals surface area contributed by atoms with Crippen LogP contribution >= 0.6 is 23.5 Å². The summed E-state index contributed by atoms with van der Waals surface area (Å²) in [6.45, 7) is 0. The standard InChI is InChI=1S/C15H3F3N6S2/c16-15(17,18)8-2-1-3-22-11(8)7(4-19)14-25-12-13(26-14)24-10(6-21)9(5-20)23-12/h1-3H. The van der Waals surface area contributed by atoms with Gasteiger partial charge >= 0.3 is 6.18 Å². The lowest BCUT2D eigenvalue weighted by Crippen LogP contribution is -2.10. The van der Waals surface area contributed by atoms with E-state index in [-0.39, 0.29) is 31.3 Å². The molecule has 0 amide bonds. The van der Waals surface area contributed by atoms with Crippen molar-refractivity contribution in [1.29, 1.82) is 15.8 Å². The molecule has 0 fully saturated rings. The van der Waals surface area contributed by atoms with E-state index in [0.717, 1.165) is 41.9 Å². The molecule has 1 aliphatic heterocycles. The summed E-state index contributed by atoms with van der Waals surface area (Å²) in [6, 6.07) is 7.20. The van der Waals surface area contributed by atoms with E-state index in [4.69, 9.17) is 10.5 Å². The lowest BCUT2D eigenvalue weighted by Gasteiger charge is -2.11. The number of nitriles is 3. The summed E-state index contributed by atoms with van der Waals surface area (Å²) in [7, 11) is 0. The average Bonchev–Trinajstić information content (AvgIpc) is 3.03. The van der Waals surface area contributed by atoms with E-state index in [2.05, 4.69) is 15.0 Å². The molecule has 0 N–H and O–H groups in total. The van der Waals surface area contributed by atoms with E-state index >= 15 is 0 Å². The number of allylic oxidation sites excluding steroid dienone is 1. The fourth-order valence-corrected chi connectivity index (χ4v) is 4.29. The Hall–Kier alpha value is -3.07. The lowest BCUT2D eigenvalue weighted by molar-refractivity contribution is -0.138. The number of aromatic nitrogens is 3. The molecule has 0 spiro atoms. The Morgan fingerprint density at radius 2 is 1.58 bits per heavy atom. The number of nitrogens with zero attached hydrogens (tertiary/aromatic N) is 6. The number of rotatable bonds is 1. The van der Waals surface area contributed by atoms with Crippen molar-refractivity contribution in [3.05, 3.63) is 45.2 Å². The molecule has 3 heterocycles. The highest BCUT2D eigenvalue weighted by molar-refractivity contribution is 8.24. The van der Waals surface area contributed by atoms with E-state index in [1.165, 1.54) is 0 Å². The fraction of sp³-hybridized carbons (Fsp3) is 0.0667. The Morgan fingerprint density at radius 1 is 1.00 bits per heavy atom.